The molecule has 1 saturated carbocycles. The summed E-state index contributed by atoms with van der Waals surface area (Å²) < 4.78 is 11.7. The summed E-state index contributed by atoms with van der Waals surface area (Å²) in [5.74, 6) is 0.374. The lowest BCUT2D eigenvalue weighted by Gasteiger charge is -2.19. The minimum atomic E-state index is -0.955. The van der Waals surface area contributed by atoms with E-state index in [-0.39, 0.29) is 17.6 Å². The summed E-state index contributed by atoms with van der Waals surface area (Å²) in [7, 11) is 1.62. The fourth-order valence-electron chi connectivity index (χ4n) is 3.52. The molecule has 1 aliphatic carbocycles. The third-order valence-corrected chi connectivity index (χ3v) is 5.18. The molecule has 0 bridgehead atoms. The Balaban J connectivity index is 1.55. The van der Waals surface area contributed by atoms with E-state index in [0.717, 1.165) is 24.0 Å². The van der Waals surface area contributed by atoms with Gasteiger partial charge >= 0.3 is 5.97 Å². The summed E-state index contributed by atoms with van der Waals surface area (Å²) in [5.41, 5.74) is 2.07. The molecule has 6 nitrogen and oxygen atoms in total. The Hall–Kier alpha value is -3.02. The maximum absolute atomic E-state index is 12.3. The van der Waals surface area contributed by atoms with Crippen molar-refractivity contribution in [1.29, 1.82) is 0 Å². The molecule has 1 aliphatic rings. The van der Waals surface area contributed by atoms with Crippen LogP contribution < -0.4 is 14.8 Å². The molecule has 6 heteroatoms. The first-order chi connectivity index (χ1) is 14.1. The Bertz CT molecular complexity index is 841. The Morgan fingerprint density at radius 1 is 1.10 bits per heavy atom. The van der Waals surface area contributed by atoms with Crippen molar-refractivity contribution < 1.29 is 24.2 Å². The molecule has 2 aromatic rings. The third-order valence-electron chi connectivity index (χ3n) is 5.18. The van der Waals surface area contributed by atoms with Gasteiger partial charge in [-0.3, -0.25) is 4.79 Å². The number of carboxylic acids is 1. The highest BCUT2D eigenvalue weighted by Gasteiger charge is 2.20. The summed E-state index contributed by atoms with van der Waals surface area (Å²) >= 11 is 0. The zero-order valence-electron chi connectivity index (χ0n) is 16.6. The average molecular weight is 397 g/mol. The van der Waals surface area contributed by atoms with Gasteiger partial charge in [-0.1, -0.05) is 24.3 Å². The van der Waals surface area contributed by atoms with E-state index in [2.05, 4.69) is 5.32 Å². The minimum absolute atomic E-state index is 0.0676. The molecule has 0 atom stereocenters. The largest absolute Gasteiger partial charge is 0.493 e. The molecule has 0 aliphatic heterocycles. The zero-order chi connectivity index (χ0) is 20.6. The summed E-state index contributed by atoms with van der Waals surface area (Å²) in [6, 6.07) is 12.3. The average Bonchev–Trinajstić information content (AvgIpc) is 3.25. The number of aryl methyl sites for hydroxylation is 1. The van der Waals surface area contributed by atoms with Crippen LogP contribution in [0.1, 0.15) is 53.6 Å². The highest BCUT2D eigenvalue weighted by molar-refractivity contribution is 5.87. The number of ether oxygens (including phenoxy) is 2. The van der Waals surface area contributed by atoms with Crippen molar-refractivity contribution in [1.82, 2.24) is 5.32 Å². The number of hydrogen-bond acceptors (Lipinski definition) is 4. The predicted octanol–water partition coefficient (Wildman–Crippen LogP) is 3.96. The van der Waals surface area contributed by atoms with Gasteiger partial charge in [0.05, 0.1) is 18.8 Å². The zero-order valence-corrected chi connectivity index (χ0v) is 16.6. The van der Waals surface area contributed by atoms with Crippen LogP contribution >= 0.6 is 0 Å². The van der Waals surface area contributed by atoms with Crippen molar-refractivity contribution in [2.45, 2.75) is 51.2 Å². The first kappa shape index (κ1) is 20.7. The molecule has 1 fully saturated rings. The van der Waals surface area contributed by atoms with Crippen LogP contribution in [0.25, 0.3) is 0 Å². The van der Waals surface area contributed by atoms with Gasteiger partial charge in [-0.15, -0.1) is 0 Å². The number of methoxy groups -OCH3 is 1. The Morgan fingerprint density at radius 2 is 1.83 bits per heavy atom. The molecule has 0 heterocycles. The van der Waals surface area contributed by atoms with Gasteiger partial charge in [0.2, 0.25) is 5.91 Å². The first-order valence-corrected chi connectivity index (χ1v) is 9.98. The number of carboxylic acid groups (broad SMARTS) is 1. The summed E-state index contributed by atoms with van der Waals surface area (Å²) in [6.07, 6.45) is 5.53. The van der Waals surface area contributed by atoms with E-state index < -0.39 is 5.97 Å². The second-order valence-electron chi connectivity index (χ2n) is 7.25. The number of para-hydroxylation sites is 1. The smallest absolute Gasteiger partial charge is 0.335 e. The molecular weight excluding hydrogens is 370 g/mol. The number of rotatable bonds is 9. The van der Waals surface area contributed by atoms with E-state index >= 15 is 0 Å². The van der Waals surface area contributed by atoms with Gasteiger partial charge in [0, 0.05) is 18.5 Å². The van der Waals surface area contributed by atoms with Crippen molar-refractivity contribution in [3.63, 3.8) is 0 Å². The Morgan fingerprint density at radius 3 is 2.48 bits per heavy atom. The predicted molar refractivity (Wildman–Crippen MR) is 109 cm³/mol. The molecule has 3 rings (SSSR count). The molecule has 0 saturated heterocycles. The summed E-state index contributed by atoms with van der Waals surface area (Å²) in [4.78, 5) is 23.2. The lowest BCUT2D eigenvalue weighted by atomic mass is 10.1. The van der Waals surface area contributed by atoms with Crippen LogP contribution in [0, 0.1) is 0 Å². The summed E-state index contributed by atoms with van der Waals surface area (Å²) in [5, 5.41) is 11.9. The third kappa shape index (κ3) is 5.73. The van der Waals surface area contributed by atoms with Gasteiger partial charge in [0.15, 0.2) is 11.5 Å². The minimum Gasteiger partial charge on any atom is -0.493 e. The van der Waals surface area contributed by atoms with E-state index in [4.69, 9.17) is 14.6 Å². The van der Waals surface area contributed by atoms with Crippen LogP contribution in [0.15, 0.2) is 42.5 Å². The standard InChI is InChI=1S/C23H27NO5/c1-28-20-8-4-5-18(22(20)29-19-6-2-3-7-19)15-24-21(25)14-11-16-9-12-17(13-10-16)23(26)27/h4-5,8-10,12-13,19H,2-3,6-7,11,14-15H2,1H3,(H,24,25)(H,26,27). The van der Waals surface area contributed by atoms with Crippen LogP contribution in [-0.2, 0) is 17.8 Å². The molecule has 0 unspecified atom stereocenters. The van der Waals surface area contributed by atoms with Crippen LogP contribution in [0.4, 0.5) is 0 Å². The number of carbonyl (C=O) groups excluding carboxylic acids is 1. The van der Waals surface area contributed by atoms with E-state index in [0.29, 0.717) is 30.9 Å². The molecule has 1 amide bonds. The normalized spacial score (nSPS) is 13.8. The molecule has 2 N–H and O–H groups in total. The van der Waals surface area contributed by atoms with Crippen molar-refractivity contribution >= 4 is 11.9 Å². The second-order valence-corrected chi connectivity index (χ2v) is 7.25. The van der Waals surface area contributed by atoms with Gasteiger partial charge < -0.3 is 19.9 Å². The fraction of sp³-hybridized carbons (Fsp3) is 0.391. The molecule has 0 radical (unpaired) electrons. The highest BCUT2D eigenvalue weighted by Crippen LogP contribution is 2.34. The Kier molecular flexibility index (Phi) is 7.11. The van der Waals surface area contributed by atoms with Crippen molar-refractivity contribution in [3.05, 3.63) is 59.2 Å². The van der Waals surface area contributed by atoms with E-state index in [1.165, 1.54) is 12.8 Å². The molecule has 154 valence electrons. The number of nitrogens with one attached hydrogen (secondary N) is 1. The lowest BCUT2D eigenvalue weighted by Crippen LogP contribution is -2.24. The number of carbonyl (C=O) groups is 2. The first-order valence-electron chi connectivity index (χ1n) is 9.98. The SMILES string of the molecule is COc1cccc(CNC(=O)CCc2ccc(C(=O)O)cc2)c1OC1CCCC1. The number of hydrogen-bond donors (Lipinski definition) is 2. The maximum Gasteiger partial charge on any atom is 0.335 e. The molecule has 2 aromatic carbocycles. The molecular formula is C23H27NO5. The van der Waals surface area contributed by atoms with Gasteiger partial charge in [-0.05, 0) is 55.9 Å². The van der Waals surface area contributed by atoms with E-state index in [9.17, 15) is 9.59 Å². The van der Waals surface area contributed by atoms with Gasteiger partial charge in [-0.2, -0.15) is 0 Å². The molecule has 29 heavy (non-hydrogen) atoms. The van der Waals surface area contributed by atoms with Crippen LogP contribution in [0.3, 0.4) is 0 Å². The number of aromatic carboxylic acids is 1. The Labute approximate surface area is 170 Å². The monoisotopic (exact) mass is 397 g/mol. The van der Waals surface area contributed by atoms with Crippen LogP contribution in [0.5, 0.6) is 11.5 Å². The fourth-order valence-corrected chi connectivity index (χ4v) is 3.52. The molecule has 0 aromatic heterocycles. The lowest BCUT2D eigenvalue weighted by molar-refractivity contribution is -0.121. The van der Waals surface area contributed by atoms with Gasteiger partial charge in [0.1, 0.15) is 0 Å². The number of benzene rings is 2. The van der Waals surface area contributed by atoms with E-state index in [1.807, 2.05) is 18.2 Å². The van der Waals surface area contributed by atoms with Gasteiger partial charge in [-0.25, -0.2) is 4.79 Å². The van der Waals surface area contributed by atoms with Crippen molar-refractivity contribution in [3.8, 4) is 11.5 Å². The molecule has 0 spiro atoms. The number of amides is 1. The maximum atomic E-state index is 12.3. The quantitative estimate of drug-likeness (QED) is 0.669. The van der Waals surface area contributed by atoms with Crippen molar-refractivity contribution in [2.75, 3.05) is 7.11 Å². The van der Waals surface area contributed by atoms with Crippen LogP contribution in [-0.4, -0.2) is 30.2 Å². The second kappa shape index (κ2) is 9.96. The van der Waals surface area contributed by atoms with Crippen molar-refractivity contribution in [2.24, 2.45) is 0 Å². The summed E-state index contributed by atoms with van der Waals surface area (Å²) in [6.45, 7) is 0.371. The van der Waals surface area contributed by atoms with Gasteiger partial charge in [0.25, 0.3) is 0 Å². The highest BCUT2D eigenvalue weighted by atomic mass is 16.5. The van der Waals surface area contributed by atoms with E-state index in [1.54, 1.807) is 31.4 Å². The van der Waals surface area contributed by atoms with Crippen LogP contribution in [0.2, 0.25) is 0 Å². The topological polar surface area (TPSA) is 84.9 Å².